The number of ketones is 1. The molecule has 0 atom stereocenters. The molecule has 2 amide bonds. The number of aryl methyl sites for hydroxylation is 1. The Labute approximate surface area is 127 Å². The van der Waals surface area contributed by atoms with E-state index in [9.17, 15) is 9.59 Å². The molecule has 0 saturated heterocycles. The number of nitrogens with zero attached hydrogens (tertiary/aromatic N) is 1. The Morgan fingerprint density at radius 1 is 1.05 bits per heavy atom. The Morgan fingerprint density at radius 2 is 1.62 bits per heavy atom. The Kier molecular flexibility index (Phi) is 7.51. The van der Waals surface area contributed by atoms with Gasteiger partial charge in [-0.2, -0.15) is 0 Å². The van der Waals surface area contributed by atoms with Crippen LogP contribution in [0.5, 0.6) is 0 Å². The Balaban J connectivity index is 2.39. The molecule has 116 valence electrons. The summed E-state index contributed by atoms with van der Waals surface area (Å²) in [6.45, 7) is 7.99. The van der Waals surface area contributed by atoms with Crippen molar-refractivity contribution >= 4 is 11.8 Å². The minimum Gasteiger partial charge on any atom is -0.338 e. The van der Waals surface area contributed by atoms with Gasteiger partial charge >= 0.3 is 6.03 Å². The third-order valence-corrected chi connectivity index (χ3v) is 3.28. The highest BCUT2D eigenvalue weighted by atomic mass is 16.2. The lowest BCUT2D eigenvalue weighted by Gasteiger charge is -2.21. The second-order valence-electron chi connectivity index (χ2n) is 5.26. The second-order valence-corrected chi connectivity index (χ2v) is 5.26. The average molecular weight is 290 g/mol. The van der Waals surface area contributed by atoms with Gasteiger partial charge in [0.15, 0.2) is 5.78 Å². The molecule has 0 spiro atoms. The number of Topliss-reactive ketones (excluding diaryl/α,β-unsaturated/α-hetero) is 1. The van der Waals surface area contributed by atoms with E-state index in [2.05, 4.69) is 19.2 Å². The number of carbonyl (C=O) groups is 2. The van der Waals surface area contributed by atoms with Crippen LogP contribution in [0.2, 0.25) is 0 Å². The van der Waals surface area contributed by atoms with Crippen LogP contribution < -0.4 is 5.32 Å². The topological polar surface area (TPSA) is 49.4 Å². The molecular formula is C17H26N2O2. The minimum absolute atomic E-state index is 0.0628. The maximum absolute atomic E-state index is 12.0. The largest absolute Gasteiger partial charge is 0.338 e. The van der Waals surface area contributed by atoms with E-state index in [-0.39, 0.29) is 11.8 Å². The highest BCUT2D eigenvalue weighted by Crippen LogP contribution is 2.05. The van der Waals surface area contributed by atoms with E-state index < -0.39 is 0 Å². The predicted molar refractivity (Wildman–Crippen MR) is 85.7 cm³/mol. The van der Waals surface area contributed by atoms with Gasteiger partial charge in [0.05, 0.1) is 0 Å². The first kappa shape index (κ1) is 17.2. The molecule has 0 unspecified atom stereocenters. The third kappa shape index (κ3) is 5.98. The first-order chi connectivity index (χ1) is 10.1. The van der Waals surface area contributed by atoms with E-state index in [1.165, 1.54) is 0 Å². The van der Waals surface area contributed by atoms with Gasteiger partial charge in [0, 0.05) is 31.6 Å². The van der Waals surface area contributed by atoms with E-state index in [0.717, 1.165) is 31.5 Å². The first-order valence-corrected chi connectivity index (χ1v) is 7.71. The van der Waals surface area contributed by atoms with Gasteiger partial charge < -0.3 is 10.2 Å². The maximum atomic E-state index is 12.0. The van der Waals surface area contributed by atoms with Crippen molar-refractivity contribution in [2.24, 2.45) is 0 Å². The van der Waals surface area contributed by atoms with E-state index in [0.29, 0.717) is 18.5 Å². The molecule has 0 heterocycles. The van der Waals surface area contributed by atoms with Crippen molar-refractivity contribution in [1.82, 2.24) is 10.2 Å². The Hall–Kier alpha value is -1.84. The van der Waals surface area contributed by atoms with Crippen LogP contribution in [0.1, 0.15) is 49.0 Å². The molecule has 0 aliphatic rings. The third-order valence-electron chi connectivity index (χ3n) is 3.28. The summed E-state index contributed by atoms with van der Waals surface area (Å²) in [7, 11) is 0. The van der Waals surface area contributed by atoms with Gasteiger partial charge in [-0.15, -0.1) is 0 Å². The summed E-state index contributed by atoms with van der Waals surface area (Å²) >= 11 is 0. The van der Waals surface area contributed by atoms with E-state index in [4.69, 9.17) is 0 Å². The van der Waals surface area contributed by atoms with Crippen molar-refractivity contribution in [2.75, 3.05) is 19.6 Å². The summed E-state index contributed by atoms with van der Waals surface area (Å²) < 4.78 is 0. The number of amides is 2. The molecule has 1 aromatic rings. The van der Waals surface area contributed by atoms with Gasteiger partial charge in [-0.1, -0.05) is 43.7 Å². The Morgan fingerprint density at radius 3 is 2.14 bits per heavy atom. The number of hydrogen-bond acceptors (Lipinski definition) is 2. The highest BCUT2D eigenvalue weighted by Gasteiger charge is 2.12. The summed E-state index contributed by atoms with van der Waals surface area (Å²) in [5.41, 5.74) is 1.84. The maximum Gasteiger partial charge on any atom is 0.317 e. The fourth-order valence-corrected chi connectivity index (χ4v) is 2.13. The van der Waals surface area contributed by atoms with Gasteiger partial charge in [-0.05, 0) is 19.8 Å². The lowest BCUT2D eigenvalue weighted by molar-refractivity contribution is 0.0983. The van der Waals surface area contributed by atoms with Crippen LogP contribution >= 0.6 is 0 Å². The quantitative estimate of drug-likeness (QED) is 0.746. The lowest BCUT2D eigenvalue weighted by Crippen LogP contribution is -2.41. The highest BCUT2D eigenvalue weighted by molar-refractivity contribution is 5.96. The SMILES string of the molecule is CCCN(CCC)C(=O)NCCC(=O)c1ccc(C)cc1. The molecule has 0 bridgehead atoms. The zero-order chi connectivity index (χ0) is 15.7. The van der Waals surface area contributed by atoms with E-state index in [1.54, 1.807) is 4.90 Å². The van der Waals surface area contributed by atoms with Crippen molar-refractivity contribution < 1.29 is 9.59 Å². The number of urea groups is 1. The van der Waals surface area contributed by atoms with Gasteiger partial charge in [-0.3, -0.25) is 4.79 Å². The fraction of sp³-hybridized carbons (Fsp3) is 0.529. The standard InChI is InChI=1S/C17H26N2O2/c1-4-12-19(13-5-2)17(21)18-11-10-16(20)15-8-6-14(3)7-9-15/h6-9H,4-5,10-13H2,1-3H3,(H,18,21). The van der Waals surface area contributed by atoms with Gasteiger partial charge in [0.1, 0.15) is 0 Å². The van der Waals surface area contributed by atoms with Gasteiger partial charge in [0.2, 0.25) is 0 Å². The molecule has 21 heavy (non-hydrogen) atoms. The molecule has 1 aromatic carbocycles. The van der Waals surface area contributed by atoms with Crippen LogP contribution in [0.25, 0.3) is 0 Å². The number of hydrogen-bond donors (Lipinski definition) is 1. The lowest BCUT2D eigenvalue weighted by atomic mass is 10.1. The average Bonchev–Trinajstić information content (AvgIpc) is 2.47. The zero-order valence-corrected chi connectivity index (χ0v) is 13.3. The van der Waals surface area contributed by atoms with Gasteiger partial charge in [-0.25, -0.2) is 4.79 Å². The molecule has 0 radical (unpaired) electrons. The van der Waals surface area contributed by atoms with Crippen molar-refractivity contribution in [3.05, 3.63) is 35.4 Å². The molecule has 1 N–H and O–H groups in total. The number of benzene rings is 1. The molecular weight excluding hydrogens is 264 g/mol. The minimum atomic E-state index is -0.0737. The molecule has 0 fully saturated rings. The molecule has 0 aromatic heterocycles. The van der Waals surface area contributed by atoms with Crippen LogP contribution in [-0.4, -0.2) is 36.3 Å². The molecule has 0 aliphatic heterocycles. The molecule has 0 saturated carbocycles. The second kappa shape index (κ2) is 9.16. The van der Waals surface area contributed by atoms with Crippen molar-refractivity contribution in [3.63, 3.8) is 0 Å². The Bertz CT molecular complexity index is 448. The van der Waals surface area contributed by atoms with E-state index >= 15 is 0 Å². The van der Waals surface area contributed by atoms with Gasteiger partial charge in [0.25, 0.3) is 0 Å². The van der Waals surface area contributed by atoms with Crippen LogP contribution in [0, 0.1) is 6.92 Å². The smallest absolute Gasteiger partial charge is 0.317 e. The monoisotopic (exact) mass is 290 g/mol. The van der Waals surface area contributed by atoms with Crippen molar-refractivity contribution in [3.8, 4) is 0 Å². The van der Waals surface area contributed by atoms with Crippen molar-refractivity contribution in [1.29, 1.82) is 0 Å². The number of carbonyl (C=O) groups excluding carboxylic acids is 2. The molecule has 4 heteroatoms. The van der Waals surface area contributed by atoms with Crippen molar-refractivity contribution in [2.45, 2.75) is 40.0 Å². The normalized spacial score (nSPS) is 10.2. The fourth-order valence-electron chi connectivity index (χ4n) is 2.13. The summed E-state index contributed by atoms with van der Waals surface area (Å²) in [5, 5.41) is 2.83. The molecule has 0 aliphatic carbocycles. The number of rotatable bonds is 8. The van der Waals surface area contributed by atoms with Crippen LogP contribution in [-0.2, 0) is 0 Å². The molecule has 4 nitrogen and oxygen atoms in total. The van der Waals surface area contributed by atoms with E-state index in [1.807, 2.05) is 31.2 Å². The summed E-state index contributed by atoms with van der Waals surface area (Å²) in [5.74, 6) is 0.0628. The molecule has 1 rings (SSSR count). The summed E-state index contributed by atoms with van der Waals surface area (Å²) in [6.07, 6.45) is 2.21. The zero-order valence-electron chi connectivity index (χ0n) is 13.3. The van der Waals surface area contributed by atoms with Crippen LogP contribution in [0.4, 0.5) is 4.79 Å². The van der Waals surface area contributed by atoms with Crippen LogP contribution in [0.15, 0.2) is 24.3 Å². The summed E-state index contributed by atoms with van der Waals surface area (Å²) in [6, 6.07) is 7.45. The first-order valence-electron chi connectivity index (χ1n) is 7.71. The predicted octanol–water partition coefficient (Wildman–Crippen LogP) is 3.40. The van der Waals surface area contributed by atoms with Crippen LogP contribution in [0.3, 0.4) is 0 Å². The summed E-state index contributed by atoms with van der Waals surface area (Å²) in [4.78, 5) is 25.8. The number of nitrogens with one attached hydrogen (secondary N) is 1.